The number of halogens is 1. The van der Waals surface area contributed by atoms with Crippen LogP contribution in [0.5, 0.6) is 11.5 Å². The molecule has 1 aliphatic rings. The summed E-state index contributed by atoms with van der Waals surface area (Å²) in [6, 6.07) is 4.23. The van der Waals surface area contributed by atoms with Crippen molar-refractivity contribution >= 4 is 34.7 Å². The smallest absolute Gasteiger partial charge is 0.254 e. The van der Waals surface area contributed by atoms with Gasteiger partial charge in [-0.25, -0.2) is 5.43 Å². The van der Waals surface area contributed by atoms with Gasteiger partial charge in [0.25, 0.3) is 5.91 Å². The minimum atomic E-state index is -0.130. The standard InChI is InChI=1S/C18H26IN3O3/c1-3-25-18-15(19)9-13(10-16(18)24-2)11-21-22-17(23)12-20-14-7-5-4-6-8-14/h9-11,14,20H,3-8,12H2,1-2H3,(H,22,23)/b21-11-. The number of hydrogen-bond acceptors (Lipinski definition) is 5. The number of benzene rings is 1. The molecular weight excluding hydrogens is 433 g/mol. The van der Waals surface area contributed by atoms with Crippen LogP contribution in [0.1, 0.15) is 44.6 Å². The molecule has 1 fully saturated rings. The average molecular weight is 459 g/mol. The van der Waals surface area contributed by atoms with Crippen LogP contribution in [-0.4, -0.2) is 38.4 Å². The summed E-state index contributed by atoms with van der Waals surface area (Å²) in [4.78, 5) is 11.9. The fourth-order valence-electron chi connectivity index (χ4n) is 2.86. The van der Waals surface area contributed by atoms with Crippen molar-refractivity contribution in [2.45, 2.75) is 45.1 Å². The Kier molecular flexibility index (Phi) is 8.47. The van der Waals surface area contributed by atoms with Crippen molar-refractivity contribution in [1.82, 2.24) is 10.7 Å². The van der Waals surface area contributed by atoms with Crippen LogP contribution in [0.3, 0.4) is 0 Å². The Balaban J connectivity index is 1.86. The summed E-state index contributed by atoms with van der Waals surface area (Å²) in [5.41, 5.74) is 3.40. The number of hydrogen-bond donors (Lipinski definition) is 2. The number of nitrogens with zero attached hydrogens (tertiary/aromatic N) is 1. The van der Waals surface area contributed by atoms with E-state index in [1.54, 1.807) is 13.3 Å². The van der Waals surface area contributed by atoms with Gasteiger partial charge < -0.3 is 14.8 Å². The molecule has 0 saturated heterocycles. The van der Waals surface area contributed by atoms with E-state index in [1.165, 1.54) is 19.3 Å². The van der Waals surface area contributed by atoms with Gasteiger partial charge in [0.15, 0.2) is 11.5 Å². The maximum absolute atomic E-state index is 11.9. The van der Waals surface area contributed by atoms with E-state index in [4.69, 9.17) is 9.47 Å². The molecule has 1 saturated carbocycles. The molecule has 7 heteroatoms. The van der Waals surface area contributed by atoms with E-state index in [1.807, 2.05) is 19.1 Å². The third-order valence-electron chi connectivity index (χ3n) is 4.10. The number of hydrazone groups is 1. The van der Waals surface area contributed by atoms with Crippen molar-refractivity contribution in [3.05, 3.63) is 21.3 Å². The van der Waals surface area contributed by atoms with E-state index in [-0.39, 0.29) is 5.91 Å². The fourth-order valence-corrected chi connectivity index (χ4v) is 3.64. The summed E-state index contributed by atoms with van der Waals surface area (Å²) in [6.45, 7) is 2.80. The van der Waals surface area contributed by atoms with E-state index in [0.29, 0.717) is 24.9 Å². The van der Waals surface area contributed by atoms with Crippen LogP contribution in [0, 0.1) is 3.57 Å². The largest absolute Gasteiger partial charge is 0.493 e. The highest BCUT2D eigenvalue weighted by Crippen LogP contribution is 2.33. The van der Waals surface area contributed by atoms with Gasteiger partial charge in [-0.15, -0.1) is 0 Å². The van der Waals surface area contributed by atoms with Crippen LogP contribution < -0.4 is 20.2 Å². The molecule has 1 aromatic carbocycles. The summed E-state index contributed by atoms with van der Waals surface area (Å²) >= 11 is 2.20. The molecule has 0 atom stereocenters. The molecule has 1 aliphatic carbocycles. The second-order valence-corrected chi connectivity index (χ2v) is 7.14. The van der Waals surface area contributed by atoms with Gasteiger partial charge in [-0.2, -0.15) is 5.10 Å². The van der Waals surface area contributed by atoms with Gasteiger partial charge in [0.2, 0.25) is 0 Å². The molecule has 2 rings (SSSR count). The predicted molar refractivity (Wildman–Crippen MR) is 107 cm³/mol. The van der Waals surface area contributed by atoms with Crippen LogP contribution in [0.4, 0.5) is 0 Å². The molecule has 138 valence electrons. The number of carbonyl (C=O) groups excluding carboxylic acids is 1. The Morgan fingerprint density at radius 3 is 2.80 bits per heavy atom. The van der Waals surface area contributed by atoms with Gasteiger partial charge in [0.05, 0.1) is 30.0 Å². The van der Waals surface area contributed by atoms with Crippen molar-refractivity contribution < 1.29 is 14.3 Å². The molecule has 2 N–H and O–H groups in total. The molecular formula is C18H26IN3O3. The van der Waals surface area contributed by atoms with E-state index in [2.05, 4.69) is 38.4 Å². The number of nitrogens with one attached hydrogen (secondary N) is 2. The lowest BCUT2D eigenvalue weighted by Crippen LogP contribution is -2.38. The van der Waals surface area contributed by atoms with Crippen LogP contribution in [0.25, 0.3) is 0 Å². The normalized spacial score (nSPS) is 15.3. The Labute approximate surface area is 162 Å². The van der Waals surface area contributed by atoms with Gasteiger partial charge in [0.1, 0.15) is 0 Å². The van der Waals surface area contributed by atoms with Gasteiger partial charge in [-0.3, -0.25) is 4.79 Å². The Bertz CT molecular complexity index is 601. The van der Waals surface area contributed by atoms with Gasteiger partial charge in [-0.1, -0.05) is 19.3 Å². The second kappa shape index (κ2) is 10.6. The molecule has 0 bridgehead atoms. The first-order chi connectivity index (χ1) is 12.1. The topological polar surface area (TPSA) is 72.0 Å². The van der Waals surface area contributed by atoms with Crippen molar-refractivity contribution in [1.29, 1.82) is 0 Å². The van der Waals surface area contributed by atoms with E-state index >= 15 is 0 Å². The quantitative estimate of drug-likeness (QED) is 0.356. The maximum Gasteiger partial charge on any atom is 0.254 e. The highest BCUT2D eigenvalue weighted by Gasteiger charge is 2.13. The third kappa shape index (κ3) is 6.47. The van der Waals surface area contributed by atoms with E-state index in [9.17, 15) is 4.79 Å². The van der Waals surface area contributed by atoms with Crippen molar-refractivity contribution in [3.8, 4) is 11.5 Å². The minimum absolute atomic E-state index is 0.130. The lowest BCUT2D eigenvalue weighted by atomic mass is 9.95. The molecule has 1 amide bonds. The minimum Gasteiger partial charge on any atom is -0.493 e. The molecule has 6 nitrogen and oxygen atoms in total. The van der Waals surface area contributed by atoms with Crippen LogP contribution >= 0.6 is 22.6 Å². The fraction of sp³-hybridized carbons (Fsp3) is 0.556. The second-order valence-electron chi connectivity index (χ2n) is 5.98. The molecule has 1 aromatic rings. The first-order valence-electron chi connectivity index (χ1n) is 8.69. The summed E-state index contributed by atoms with van der Waals surface area (Å²) in [5, 5.41) is 7.33. The summed E-state index contributed by atoms with van der Waals surface area (Å²) in [5.74, 6) is 1.25. The first-order valence-corrected chi connectivity index (χ1v) is 9.77. The van der Waals surface area contributed by atoms with Gasteiger partial charge in [-0.05, 0) is 60.1 Å². The number of ether oxygens (including phenoxy) is 2. The number of rotatable bonds is 8. The Morgan fingerprint density at radius 1 is 1.36 bits per heavy atom. The van der Waals surface area contributed by atoms with E-state index < -0.39 is 0 Å². The highest BCUT2D eigenvalue weighted by molar-refractivity contribution is 14.1. The molecule has 0 unspecified atom stereocenters. The van der Waals surface area contributed by atoms with Crippen molar-refractivity contribution in [3.63, 3.8) is 0 Å². The molecule has 25 heavy (non-hydrogen) atoms. The number of amides is 1. The zero-order chi connectivity index (χ0) is 18.1. The first kappa shape index (κ1) is 20.0. The molecule has 0 spiro atoms. The average Bonchev–Trinajstić information content (AvgIpc) is 2.63. The Hall–Kier alpha value is -1.35. The van der Waals surface area contributed by atoms with Crippen LogP contribution in [0.15, 0.2) is 17.2 Å². The lowest BCUT2D eigenvalue weighted by Gasteiger charge is -2.22. The number of carbonyl (C=O) groups is 1. The summed E-state index contributed by atoms with van der Waals surface area (Å²) in [7, 11) is 1.60. The number of methoxy groups -OCH3 is 1. The molecule has 0 aliphatic heterocycles. The predicted octanol–water partition coefficient (Wildman–Crippen LogP) is 3.07. The summed E-state index contributed by atoms with van der Waals surface area (Å²) in [6.07, 6.45) is 7.71. The molecule has 0 radical (unpaired) electrons. The highest BCUT2D eigenvalue weighted by atomic mass is 127. The zero-order valence-electron chi connectivity index (χ0n) is 14.8. The monoisotopic (exact) mass is 459 g/mol. The van der Waals surface area contributed by atoms with Gasteiger partial charge >= 0.3 is 0 Å². The van der Waals surface area contributed by atoms with Crippen molar-refractivity contribution in [2.24, 2.45) is 5.10 Å². The SMILES string of the molecule is CCOc1c(I)cc(/C=N\NC(=O)CNC2CCCCC2)cc1OC. The van der Waals surface area contributed by atoms with Crippen LogP contribution in [0.2, 0.25) is 0 Å². The van der Waals surface area contributed by atoms with Crippen molar-refractivity contribution in [2.75, 3.05) is 20.3 Å². The van der Waals surface area contributed by atoms with E-state index in [0.717, 1.165) is 27.7 Å². The molecule has 0 heterocycles. The van der Waals surface area contributed by atoms with Crippen LogP contribution in [-0.2, 0) is 4.79 Å². The zero-order valence-corrected chi connectivity index (χ0v) is 17.0. The van der Waals surface area contributed by atoms with Gasteiger partial charge in [0, 0.05) is 6.04 Å². The Morgan fingerprint density at radius 2 is 2.12 bits per heavy atom. The summed E-state index contributed by atoms with van der Waals surface area (Å²) < 4.78 is 11.9. The maximum atomic E-state index is 11.9. The molecule has 0 aromatic heterocycles. The lowest BCUT2D eigenvalue weighted by molar-refractivity contribution is -0.120. The third-order valence-corrected chi connectivity index (χ3v) is 4.90.